The van der Waals surface area contributed by atoms with E-state index in [-0.39, 0.29) is 17.9 Å². The number of piperidine rings is 1. The molecule has 1 saturated heterocycles. The van der Waals surface area contributed by atoms with Gasteiger partial charge < -0.3 is 14.6 Å². The van der Waals surface area contributed by atoms with Crippen LogP contribution in [-0.2, 0) is 4.79 Å². The number of carbonyl (C=O) groups excluding carboxylic acids is 1. The van der Waals surface area contributed by atoms with E-state index < -0.39 is 0 Å². The zero-order valence-electron chi connectivity index (χ0n) is 13.2. The summed E-state index contributed by atoms with van der Waals surface area (Å²) in [6.45, 7) is 5.75. The van der Waals surface area contributed by atoms with Gasteiger partial charge >= 0.3 is 0 Å². The molecule has 1 aliphatic heterocycles. The molecule has 2 aromatic rings. The smallest absolute Gasteiger partial charge is 0.298 e. The molecule has 0 saturated carbocycles. The summed E-state index contributed by atoms with van der Waals surface area (Å²) in [5.74, 6) is 0.293. The fourth-order valence-electron chi connectivity index (χ4n) is 2.79. The number of nitrogens with zero attached hydrogens (tertiary/aromatic N) is 2. The van der Waals surface area contributed by atoms with Gasteiger partial charge in [0.1, 0.15) is 5.52 Å². The van der Waals surface area contributed by atoms with E-state index in [9.17, 15) is 4.79 Å². The molecular weight excluding hydrogens is 278 g/mol. The van der Waals surface area contributed by atoms with E-state index in [1.165, 1.54) is 0 Å². The van der Waals surface area contributed by atoms with Crippen LogP contribution >= 0.6 is 0 Å². The van der Waals surface area contributed by atoms with E-state index >= 15 is 0 Å². The van der Waals surface area contributed by atoms with Crippen molar-refractivity contribution < 1.29 is 9.21 Å². The summed E-state index contributed by atoms with van der Waals surface area (Å²) in [6, 6.07) is 8.71. The van der Waals surface area contributed by atoms with Crippen molar-refractivity contribution in [2.75, 3.05) is 18.0 Å². The second kappa shape index (κ2) is 6.38. The van der Waals surface area contributed by atoms with Crippen LogP contribution in [0.15, 0.2) is 28.7 Å². The Balaban J connectivity index is 1.60. The third kappa shape index (κ3) is 3.08. The maximum absolute atomic E-state index is 12.2. The second-order valence-corrected chi connectivity index (χ2v) is 6.04. The normalized spacial score (nSPS) is 17.6. The van der Waals surface area contributed by atoms with Gasteiger partial charge in [-0.1, -0.05) is 19.1 Å². The van der Waals surface area contributed by atoms with Crippen molar-refractivity contribution in [1.29, 1.82) is 0 Å². The lowest BCUT2D eigenvalue weighted by Crippen LogP contribution is -2.43. The standard InChI is InChI=1S/C17H23N3O2/c1-3-12(2)18-16(21)13-8-10-20(11-9-13)17-19-14-6-4-5-7-15(14)22-17/h4-7,12-13H,3,8-11H2,1-2H3,(H,18,21). The number of hydrogen-bond donors (Lipinski definition) is 1. The number of para-hydroxylation sites is 2. The minimum atomic E-state index is 0.106. The number of oxazole rings is 1. The van der Waals surface area contributed by atoms with Crippen LogP contribution < -0.4 is 10.2 Å². The zero-order valence-corrected chi connectivity index (χ0v) is 13.2. The minimum Gasteiger partial charge on any atom is -0.423 e. The number of amides is 1. The van der Waals surface area contributed by atoms with Gasteiger partial charge in [0.25, 0.3) is 6.01 Å². The highest BCUT2D eigenvalue weighted by Gasteiger charge is 2.27. The average molecular weight is 301 g/mol. The molecule has 22 heavy (non-hydrogen) atoms. The number of rotatable bonds is 4. The van der Waals surface area contributed by atoms with Gasteiger partial charge in [-0.15, -0.1) is 0 Å². The molecule has 1 aromatic carbocycles. The van der Waals surface area contributed by atoms with Crippen molar-refractivity contribution in [1.82, 2.24) is 10.3 Å². The van der Waals surface area contributed by atoms with E-state index in [4.69, 9.17) is 4.42 Å². The molecule has 1 aliphatic rings. The number of benzene rings is 1. The summed E-state index contributed by atoms with van der Waals surface area (Å²) in [6.07, 6.45) is 2.66. The molecule has 2 heterocycles. The maximum Gasteiger partial charge on any atom is 0.298 e. The number of carbonyl (C=O) groups is 1. The van der Waals surface area contributed by atoms with Crippen molar-refractivity contribution in [2.24, 2.45) is 5.92 Å². The number of hydrogen-bond acceptors (Lipinski definition) is 4. The van der Waals surface area contributed by atoms with E-state index in [1.807, 2.05) is 31.2 Å². The van der Waals surface area contributed by atoms with Gasteiger partial charge in [-0.3, -0.25) is 4.79 Å². The molecule has 1 atom stereocenters. The summed E-state index contributed by atoms with van der Waals surface area (Å²) >= 11 is 0. The lowest BCUT2D eigenvalue weighted by atomic mass is 9.96. The first-order valence-electron chi connectivity index (χ1n) is 8.08. The third-order valence-electron chi connectivity index (χ3n) is 4.42. The van der Waals surface area contributed by atoms with Crippen LogP contribution in [0, 0.1) is 5.92 Å². The average Bonchev–Trinajstić information content (AvgIpc) is 2.98. The Labute approximate surface area is 130 Å². The Morgan fingerprint density at radius 1 is 1.41 bits per heavy atom. The minimum absolute atomic E-state index is 0.106. The summed E-state index contributed by atoms with van der Waals surface area (Å²) in [4.78, 5) is 18.8. The molecule has 3 rings (SSSR count). The highest BCUT2D eigenvalue weighted by molar-refractivity contribution is 5.79. The number of fused-ring (bicyclic) bond motifs is 1. The maximum atomic E-state index is 12.2. The lowest BCUT2D eigenvalue weighted by molar-refractivity contribution is -0.126. The Morgan fingerprint density at radius 3 is 2.82 bits per heavy atom. The first-order valence-corrected chi connectivity index (χ1v) is 8.08. The molecule has 1 unspecified atom stereocenters. The van der Waals surface area contributed by atoms with E-state index in [0.717, 1.165) is 43.5 Å². The van der Waals surface area contributed by atoms with Crippen LogP contribution in [0.1, 0.15) is 33.1 Å². The Kier molecular flexibility index (Phi) is 4.32. The van der Waals surface area contributed by atoms with Crippen molar-refractivity contribution in [2.45, 2.75) is 39.2 Å². The van der Waals surface area contributed by atoms with Crippen molar-refractivity contribution in [3.8, 4) is 0 Å². The van der Waals surface area contributed by atoms with Crippen LogP contribution in [0.2, 0.25) is 0 Å². The molecule has 118 valence electrons. The SMILES string of the molecule is CCC(C)NC(=O)C1CCN(c2nc3ccccc3o2)CC1. The first kappa shape index (κ1) is 14.9. The summed E-state index contributed by atoms with van der Waals surface area (Å²) in [7, 11) is 0. The highest BCUT2D eigenvalue weighted by Crippen LogP contribution is 2.26. The molecule has 1 aromatic heterocycles. The number of anilines is 1. The van der Waals surface area contributed by atoms with Gasteiger partial charge in [0, 0.05) is 25.0 Å². The fraction of sp³-hybridized carbons (Fsp3) is 0.529. The first-order chi connectivity index (χ1) is 10.7. The molecule has 0 radical (unpaired) electrons. The molecular formula is C17H23N3O2. The molecule has 0 bridgehead atoms. The molecule has 0 spiro atoms. The van der Waals surface area contributed by atoms with Crippen LogP contribution in [0.25, 0.3) is 11.1 Å². The van der Waals surface area contributed by atoms with Gasteiger partial charge in [0.05, 0.1) is 0 Å². The van der Waals surface area contributed by atoms with E-state index in [0.29, 0.717) is 6.01 Å². The zero-order chi connectivity index (χ0) is 15.5. The highest BCUT2D eigenvalue weighted by atomic mass is 16.4. The van der Waals surface area contributed by atoms with Gasteiger partial charge in [-0.2, -0.15) is 4.98 Å². The van der Waals surface area contributed by atoms with Gasteiger partial charge in [0.2, 0.25) is 5.91 Å². The molecule has 1 N–H and O–H groups in total. The fourth-order valence-corrected chi connectivity index (χ4v) is 2.79. The van der Waals surface area contributed by atoms with Gasteiger partial charge in [-0.25, -0.2) is 0 Å². The van der Waals surface area contributed by atoms with Crippen molar-refractivity contribution >= 4 is 23.0 Å². The van der Waals surface area contributed by atoms with Gasteiger partial charge in [0.15, 0.2) is 5.58 Å². The third-order valence-corrected chi connectivity index (χ3v) is 4.42. The van der Waals surface area contributed by atoms with E-state index in [1.54, 1.807) is 0 Å². The van der Waals surface area contributed by atoms with Crippen LogP contribution in [0.4, 0.5) is 6.01 Å². The molecule has 1 amide bonds. The predicted molar refractivity (Wildman–Crippen MR) is 86.8 cm³/mol. The monoisotopic (exact) mass is 301 g/mol. The summed E-state index contributed by atoms with van der Waals surface area (Å²) < 4.78 is 5.80. The second-order valence-electron chi connectivity index (χ2n) is 6.04. The Morgan fingerprint density at radius 2 is 2.14 bits per heavy atom. The van der Waals surface area contributed by atoms with Gasteiger partial charge in [-0.05, 0) is 38.3 Å². The Hall–Kier alpha value is -2.04. The quantitative estimate of drug-likeness (QED) is 0.943. The van der Waals surface area contributed by atoms with Crippen molar-refractivity contribution in [3.63, 3.8) is 0 Å². The largest absolute Gasteiger partial charge is 0.423 e. The molecule has 5 nitrogen and oxygen atoms in total. The number of nitrogens with one attached hydrogen (secondary N) is 1. The Bertz CT molecular complexity index is 611. The van der Waals surface area contributed by atoms with E-state index in [2.05, 4.69) is 22.1 Å². The predicted octanol–water partition coefficient (Wildman–Crippen LogP) is 2.96. The topological polar surface area (TPSA) is 58.4 Å². The lowest BCUT2D eigenvalue weighted by Gasteiger charge is -2.30. The van der Waals surface area contributed by atoms with Crippen molar-refractivity contribution in [3.05, 3.63) is 24.3 Å². The molecule has 1 fully saturated rings. The summed E-state index contributed by atoms with van der Waals surface area (Å²) in [5, 5.41) is 3.08. The van der Waals surface area contributed by atoms with Crippen LogP contribution in [0.3, 0.4) is 0 Å². The molecule has 0 aliphatic carbocycles. The number of aromatic nitrogens is 1. The molecule has 5 heteroatoms. The van der Waals surface area contributed by atoms with Crippen LogP contribution in [0.5, 0.6) is 0 Å². The summed E-state index contributed by atoms with van der Waals surface area (Å²) in [5.41, 5.74) is 1.70. The van der Waals surface area contributed by atoms with Crippen LogP contribution in [-0.4, -0.2) is 30.0 Å².